The summed E-state index contributed by atoms with van der Waals surface area (Å²) in [5, 5.41) is 2.16. The zero-order chi connectivity index (χ0) is 13.4. The fourth-order valence-electron chi connectivity index (χ4n) is 2.14. The molecule has 5 heteroatoms. The van der Waals surface area contributed by atoms with Crippen LogP contribution in [0.2, 0.25) is 0 Å². The van der Waals surface area contributed by atoms with Gasteiger partial charge < -0.3 is 9.64 Å². The van der Waals surface area contributed by atoms with Gasteiger partial charge >= 0.3 is 11.9 Å². The van der Waals surface area contributed by atoms with Gasteiger partial charge in [0.05, 0.1) is 0 Å². The second-order valence-electron chi connectivity index (χ2n) is 4.38. The number of cyclic esters (lactones) is 2. The van der Waals surface area contributed by atoms with Crippen LogP contribution in [0.5, 0.6) is 0 Å². The van der Waals surface area contributed by atoms with Crippen molar-refractivity contribution in [3.63, 3.8) is 0 Å². The molecule has 1 saturated heterocycles. The lowest BCUT2D eigenvalue weighted by Crippen LogP contribution is -2.42. The quantitative estimate of drug-likeness (QED) is 0.598. The zero-order valence-corrected chi connectivity index (χ0v) is 11.5. The van der Waals surface area contributed by atoms with E-state index in [1.807, 2.05) is 36.4 Å². The minimum Gasteiger partial charge on any atom is -0.390 e. The molecule has 0 unspecified atom stereocenters. The predicted molar refractivity (Wildman–Crippen MR) is 75.0 cm³/mol. The molecule has 0 bridgehead atoms. The Kier molecular flexibility index (Phi) is 2.98. The number of hydrogen-bond acceptors (Lipinski definition) is 4. The minimum atomic E-state index is -0.507. The molecule has 19 heavy (non-hydrogen) atoms. The molecular weight excluding hydrogens is 310 g/mol. The first-order valence-corrected chi connectivity index (χ1v) is 6.59. The Balaban J connectivity index is 1.99. The maximum absolute atomic E-state index is 11.3. The van der Waals surface area contributed by atoms with E-state index in [2.05, 4.69) is 20.7 Å². The molecule has 0 saturated carbocycles. The van der Waals surface area contributed by atoms with Crippen molar-refractivity contribution in [3.05, 3.63) is 40.9 Å². The smallest absolute Gasteiger partial charge is 0.333 e. The molecule has 1 heterocycles. The van der Waals surface area contributed by atoms with Gasteiger partial charge in [-0.15, -0.1) is 0 Å². The van der Waals surface area contributed by atoms with Crippen molar-refractivity contribution in [1.82, 2.24) is 0 Å². The van der Waals surface area contributed by atoms with E-state index in [4.69, 9.17) is 0 Å². The number of halogens is 1. The number of esters is 2. The highest BCUT2D eigenvalue weighted by Crippen LogP contribution is 2.25. The Bertz CT molecular complexity index is 667. The number of ether oxygens (including phenoxy) is 1. The van der Waals surface area contributed by atoms with Crippen LogP contribution in [0.4, 0.5) is 5.69 Å². The van der Waals surface area contributed by atoms with Crippen molar-refractivity contribution in [2.75, 3.05) is 18.0 Å². The summed E-state index contributed by atoms with van der Waals surface area (Å²) in [6.45, 7) is 0.210. The van der Waals surface area contributed by atoms with Gasteiger partial charge in [-0.2, -0.15) is 0 Å². The van der Waals surface area contributed by atoms with Gasteiger partial charge in [0.2, 0.25) is 0 Å². The van der Waals surface area contributed by atoms with Crippen LogP contribution in [0, 0.1) is 0 Å². The van der Waals surface area contributed by atoms with E-state index in [1.165, 1.54) is 0 Å². The molecule has 0 N–H and O–H groups in total. The van der Waals surface area contributed by atoms with Crippen molar-refractivity contribution in [2.45, 2.75) is 0 Å². The van der Waals surface area contributed by atoms with Crippen LogP contribution < -0.4 is 4.90 Å². The number of carbonyl (C=O) groups is 2. The summed E-state index contributed by atoms with van der Waals surface area (Å²) >= 11 is 3.43. The van der Waals surface area contributed by atoms with Gasteiger partial charge in [0, 0.05) is 10.2 Å². The Hall–Kier alpha value is -1.88. The largest absolute Gasteiger partial charge is 0.390 e. The lowest BCUT2D eigenvalue weighted by Gasteiger charge is -2.26. The minimum absolute atomic E-state index is 0.105. The van der Waals surface area contributed by atoms with Crippen molar-refractivity contribution in [2.24, 2.45) is 0 Å². The maximum atomic E-state index is 11.3. The van der Waals surface area contributed by atoms with Crippen molar-refractivity contribution >= 4 is 44.3 Å². The van der Waals surface area contributed by atoms with Crippen LogP contribution in [0.1, 0.15) is 0 Å². The van der Waals surface area contributed by atoms with Crippen molar-refractivity contribution < 1.29 is 14.3 Å². The molecule has 1 fully saturated rings. The molecule has 1 aliphatic rings. The van der Waals surface area contributed by atoms with Crippen LogP contribution in [0.3, 0.4) is 0 Å². The topological polar surface area (TPSA) is 46.6 Å². The molecule has 0 amide bonds. The Morgan fingerprint density at radius 3 is 2.32 bits per heavy atom. The third-order valence-corrected chi connectivity index (χ3v) is 3.51. The Morgan fingerprint density at radius 2 is 1.58 bits per heavy atom. The number of carbonyl (C=O) groups excluding carboxylic acids is 2. The van der Waals surface area contributed by atoms with Crippen molar-refractivity contribution in [3.8, 4) is 0 Å². The number of rotatable bonds is 1. The van der Waals surface area contributed by atoms with Crippen LogP contribution in [-0.2, 0) is 14.3 Å². The van der Waals surface area contributed by atoms with Crippen LogP contribution in [-0.4, -0.2) is 25.0 Å². The number of hydrogen-bond donors (Lipinski definition) is 0. The molecule has 0 spiro atoms. The fourth-order valence-corrected chi connectivity index (χ4v) is 2.52. The summed E-state index contributed by atoms with van der Waals surface area (Å²) in [4.78, 5) is 24.3. The van der Waals surface area contributed by atoms with Crippen LogP contribution in [0.25, 0.3) is 10.8 Å². The predicted octanol–water partition coefficient (Wildman–Crippen LogP) is 2.49. The SMILES string of the molecule is O=C1CN(c2ccc3cc(Br)ccc3c2)CC(=O)O1. The molecule has 4 nitrogen and oxygen atoms in total. The molecule has 2 aromatic rings. The maximum Gasteiger partial charge on any atom is 0.333 e. The van der Waals surface area contributed by atoms with Gasteiger partial charge in [0.25, 0.3) is 0 Å². The molecule has 1 aliphatic heterocycles. The first kappa shape index (κ1) is 12.2. The molecule has 0 atom stereocenters. The lowest BCUT2D eigenvalue weighted by molar-refractivity contribution is -0.160. The first-order chi connectivity index (χ1) is 9.11. The Morgan fingerprint density at radius 1 is 0.947 bits per heavy atom. The summed E-state index contributed by atoms with van der Waals surface area (Å²) in [6, 6.07) is 11.8. The lowest BCUT2D eigenvalue weighted by atomic mass is 10.1. The molecule has 0 aromatic heterocycles. The van der Waals surface area contributed by atoms with Gasteiger partial charge in [-0.05, 0) is 35.0 Å². The van der Waals surface area contributed by atoms with Gasteiger partial charge in [-0.3, -0.25) is 0 Å². The number of nitrogens with zero attached hydrogens (tertiary/aromatic N) is 1. The number of anilines is 1. The second kappa shape index (κ2) is 4.66. The van der Waals surface area contributed by atoms with Crippen LogP contribution >= 0.6 is 15.9 Å². The van der Waals surface area contributed by atoms with Gasteiger partial charge in [0.15, 0.2) is 0 Å². The third-order valence-electron chi connectivity index (χ3n) is 3.02. The monoisotopic (exact) mass is 319 g/mol. The highest BCUT2D eigenvalue weighted by atomic mass is 79.9. The standard InChI is InChI=1S/C14H10BrNO3/c15-11-3-1-10-6-12(4-2-9(10)5-11)16-7-13(17)19-14(18)8-16/h1-6H,7-8H2. The molecule has 0 radical (unpaired) electrons. The second-order valence-corrected chi connectivity index (χ2v) is 5.29. The summed E-state index contributed by atoms with van der Waals surface area (Å²) in [7, 11) is 0. The molecule has 3 rings (SSSR count). The van der Waals surface area contributed by atoms with E-state index in [0.29, 0.717) is 0 Å². The van der Waals surface area contributed by atoms with E-state index >= 15 is 0 Å². The van der Waals surface area contributed by atoms with Gasteiger partial charge in [-0.1, -0.05) is 28.1 Å². The summed E-state index contributed by atoms with van der Waals surface area (Å²) in [5.41, 5.74) is 0.847. The highest BCUT2D eigenvalue weighted by Gasteiger charge is 2.24. The van der Waals surface area contributed by atoms with Gasteiger partial charge in [0.1, 0.15) is 13.1 Å². The Labute approximate surface area is 118 Å². The molecular formula is C14H10BrNO3. The fraction of sp³-hybridized carbons (Fsp3) is 0.143. The number of fused-ring (bicyclic) bond motifs is 1. The molecule has 2 aromatic carbocycles. The van der Waals surface area contributed by atoms with Crippen LogP contribution in [0.15, 0.2) is 40.9 Å². The highest BCUT2D eigenvalue weighted by molar-refractivity contribution is 9.10. The van der Waals surface area contributed by atoms with E-state index in [9.17, 15) is 9.59 Å². The normalized spacial score (nSPS) is 15.7. The van der Waals surface area contributed by atoms with Crippen molar-refractivity contribution in [1.29, 1.82) is 0 Å². The summed E-state index contributed by atoms with van der Waals surface area (Å²) in [6.07, 6.45) is 0. The average Bonchev–Trinajstić information content (AvgIpc) is 2.37. The zero-order valence-electron chi connectivity index (χ0n) is 9.93. The van der Waals surface area contributed by atoms with E-state index in [1.54, 1.807) is 4.90 Å². The van der Waals surface area contributed by atoms with E-state index in [0.717, 1.165) is 20.9 Å². The third kappa shape index (κ3) is 2.46. The summed E-state index contributed by atoms with van der Waals surface area (Å²) < 4.78 is 5.53. The van der Waals surface area contributed by atoms with Gasteiger partial charge in [-0.25, -0.2) is 9.59 Å². The number of benzene rings is 2. The summed E-state index contributed by atoms with van der Waals surface area (Å²) in [5.74, 6) is -1.01. The molecule has 96 valence electrons. The average molecular weight is 320 g/mol. The van der Waals surface area contributed by atoms with E-state index in [-0.39, 0.29) is 13.1 Å². The molecule has 0 aliphatic carbocycles. The number of morpholine rings is 1. The first-order valence-electron chi connectivity index (χ1n) is 5.79. The van der Waals surface area contributed by atoms with E-state index < -0.39 is 11.9 Å².